The van der Waals surface area contributed by atoms with E-state index in [1.807, 2.05) is 29.2 Å². The van der Waals surface area contributed by atoms with Gasteiger partial charge >= 0.3 is 5.97 Å². The van der Waals surface area contributed by atoms with Crippen LogP contribution in [0.25, 0.3) is 0 Å². The van der Waals surface area contributed by atoms with Crippen LogP contribution in [0.15, 0.2) is 48.5 Å². The molecule has 1 saturated carbocycles. The molecule has 0 bridgehead atoms. The number of fused-ring (bicyclic) bond motifs is 2. The van der Waals surface area contributed by atoms with E-state index >= 15 is 0 Å². The number of carbonyl (C=O) groups is 3. The lowest BCUT2D eigenvalue weighted by Gasteiger charge is -2.44. The molecule has 162 valence electrons. The van der Waals surface area contributed by atoms with Crippen molar-refractivity contribution in [3.05, 3.63) is 64.7 Å². The van der Waals surface area contributed by atoms with E-state index in [2.05, 4.69) is 5.32 Å². The second-order valence-corrected chi connectivity index (χ2v) is 8.64. The summed E-state index contributed by atoms with van der Waals surface area (Å²) in [6.07, 6.45) is 2.72. The molecule has 0 spiro atoms. The number of amides is 2. The van der Waals surface area contributed by atoms with Crippen LogP contribution in [0.1, 0.15) is 53.9 Å². The number of halogens is 1. The van der Waals surface area contributed by atoms with Crippen LogP contribution in [0.2, 0.25) is 5.02 Å². The number of para-hydroxylation sites is 1. The largest absolute Gasteiger partial charge is 0.481 e. The molecule has 4 rings (SSSR count). The van der Waals surface area contributed by atoms with E-state index in [0.717, 1.165) is 30.5 Å². The first-order chi connectivity index (χ1) is 15.0. The summed E-state index contributed by atoms with van der Waals surface area (Å²) in [6, 6.07) is 14.9. The van der Waals surface area contributed by atoms with Crippen molar-refractivity contribution in [1.29, 1.82) is 0 Å². The molecule has 7 heteroatoms. The average molecular weight is 441 g/mol. The number of aliphatic carboxylic acids is 1. The Morgan fingerprint density at radius 3 is 2.52 bits per heavy atom. The van der Waals surface area contributed by atoms with E-state index in [1.165, 1.54) is 0 Å². The number of hydrogen-bond acceptors (Lipinski definition) is 3. The number of hydrogen-bond donors (Lipinski definition) is 2. The molecule has 6 nitrogen and oxygen atoms in total. The van der Waals surface area contributed by atoms with Crippen LogP contribution in [0, 0.1) is 5.92 Å². The quantitative estimate of drug-likeness (QED) is 0.703. The summed E-state index contributed by atoms with van der Waals surface area (Å²) in [5.41, 5.74) is 2.53. The molecule has 1 aliphatic heterocycles. The van der Waals surface area contributed by atoms with Crippen LogP contribution >= 0.6 is 11.6 Å². The summed E-state index contributed by atoms with van der Waals surface area (Å²) in [7, 11) is 0. The zero-order chi connectivity index (χ0) is 22.0. The molecule has 1 aliphatic carbocycles. The average Bonchev–Trinajstić information content (AvgIpc) is 3.24. The Bertz CT molecular complexity index is 991. The number of benzene rings is 2. The third kappa shape index (κ3) is 4.44. The lowest BCUT2D eigenvalue weighted by molar-refractivity contribution is -0.138. The molecule has 1 heterocycles. The lowest BCUT2D eigenvalue weighted by Crippen LogP contribution is -2.49. The van der Waals surface area contributed by atoms with Crippen LogP contribution < -0.4 is 10.2 Å². The Morgan fingerprint density at radius 1 is 1.03 bits per heavy atom. The first-order valence-corrected chi connectivity index (χ1v) is 11.0. The second kappa shape index (κ2) is 9.10. The number of rotatable bonds is 6. The van der Waals surface area contributed by atoms with E-state index in [0.29, 0.717) is 17.1 Å². The highest BCUT2D eigenvalue weighted by molar-refractivity contribution is 6.30. The fourth-order valence-corrected chi connectivity index (χ4v) is 5.10. The van der Waals surface area contributed by atoms with E-state index in [1.54, 1.807) is 24.3 Å². The number of nitrogens with zero attached hydrogens (tertiary/aromatic N) is 1. The molecule has 2 aliphatic rings. The standard InChI is InChI=1S/C24H25ClN2O4/c25-16-10-8-15(9-11-16)24(31)27-20-6-2-1-4-17(20)19(18-5-3-7-21(18)27)14-26-22(28)12-13-23(29)30/h1-2,4,6,8-11,18-19,21H,3,5,7,12-14H2,(H,26,28)(H,29,30). The first-order valence-electron chi connectivity index (χ1n) is 10.6. The minimum absolute atomic E-state index is 0.0288. The van der Waals surface area contributed by atoms with Crippen molar-refractivity contribution >= 4 is 35.1 Å². The maximum Gasteiger partial charge on any atom is 0.303 e. The van der Waals surface area contributed by atoms with Gasteiger partial charge in [-0.25, -0.2) is 0 Å². The third-order valence-electron chi connectivity index (χ3n) is 6.37. The molecule has 2 aromatic rings. The highest BCUT2D eigenvalue weighted by Gasteiger charge is 2.45. The molecule has 2 N–H and O–H groups in total. The lowest BCUT2D eigenvalue weighted by atomic mass is 9.77. The summed E-state index contributed by atoms with van der Waals surface area (Å²) in [6.45, 7) is 0.444. The smallest absolute Gasteiger partial charge is 0.303 e. The summed E-state index contributed by atoms with van der Waals surface area (Å²) in [4.78, 5) is 38.3. The molecule has 0 saturated heterocycles. The predicted molar refractivity (Wildman–Crippen MR) is 118 cm³/mol. The van der Waals surface area contributed by atoms with Crippen molar-refractivity contribution in [2.75, 3.05) is 11.4 Å². The van der Waals surface area contributed by atoms with Crippen molar-refractivity contribution in [2.24, 2.45) is 5.92 Å². The Morgan fingerprint density at radius 2 is 1.77 bits per heavy atom. The molecule has 1 fully saturated rings. The minimum Gasteiger partial charge on any atom is -0.481 e. The van der Waals surface area contributed by atoms with Gasteiger partial charge in [-0.2, -0.15) is 0 Å². The topological polar surface area (TPSA) is 86.7 Å². The van der Waals surface area contributed by atoms with E-state index < -0.39 is 5.97 Å². The van der Waals surface area contributed by atoms with Crippen LogP contribution in [-0.2, 0) is 9.59 Å². The van der Waals surface area contributed by atoms with Gasteiger partial charge in [0.25, 0.3) is 5.91 Å². The van der Waals surface area contributed by atoms with Crippen LogP contribution in [-0.4, -0.2) is 35.5 Å². The van der Waals surface area contributed by atoms with Gasteiger partial charge in [0.05, 0.1) is 6.42 Å². The SMILES string of the molecule is O=C(O)CCC(=O)NCC1c2ccccc2N(C(=O)c2ccc(Cl)cc2)C2CCCC12. The van der Waals surface area contributed by atoms with Gasteiger partial charge in [0.2, 0.25) is 5.91 Å². The molecule has 31 heavy (non-hydrogen) atoms. The summed E-state index contributed by atoms with van der Waals surface area (Å²) in [5, 5.41) is 12.3. The number of anilines is 1. The molecule has 0 aromatic heterocycles. The van der Waals surface area contributed by atoms with Crippen LogP contribution in [0.4, 0.5) is 5.69 Å². The maximum atomic E-state index is 13.5. The van der Waals surface area contributed by atoms with Gasteiger partial charge in [-0.15, -0.1) is 0 Å². The van der Waals surface area contributed by atoms with Crippen molar-refractivity contribution in [2.45, 2.75) is 44.1 Å². The van der Waals surface area contributed by atoms with Crippen LogP contribution in [0.5, 0.6) is 0 Å². The zero-order valence-electron chi connectivity index (χ0n) is 17.1. The fraction of sp³-hybridized carbons (Fsp3) is 0.375. The second-order valence-electron chi connectivity index (χ2n) is 8.21. The zero-order valence-corrected chi connectivity index (χ0v) is 17.8. The van der Waals surface area contributed by atoms with E-state index in [4.69, 9.17) is 16.7 Å². The van der Waals surface area contributed by atoms with Crippen molar-refractivity contribution < 1.29 is 19.5 Å². The Labute approximate surface area is 186 Å². The Kier molecular flexibility index (Phi) is 6.28. The van der Waals surface area contributed by atoms with Gasteiger partial charge in [-0.05, 0) is 54.7 Å². The van der Waals surface area contributed by atoms with Crippen molar-refractivity contribution in [3.8, 4) is 0 Å². The van der Waals surface area contributed by atoms with Gasteiger partial charge in [0.15, 0.2) is 0 Å². The number of nitrogens with one attached hydrogen (secondary N) is 1. The monoisotopic (exact) mass is 440 g/mol. The Balaban J connectivity index is 1.61. The molecular formula is C24H25ClN2O4. The highest BCUT2D eigenvalue weighted by atomic mass is 35.5. The highest BCUT2D eigenvalue weighted by Crippen LogP contribution is 2.49. The van der Waals surface area contributed by atoms with Gasteiger partial charge in [-0.1, -0.05) is 36.2 Å². The summed E-state index contributed by atoms with van der Waals surface area (Å²) < 4.78 is 0. The van der Waals surface area contributed by atoms with E-state index in [9.17, 15) is 14.4 Å². The minimum atomic E-state index is -0.981. The molecular weight excluding hydrogens is 416 g/mol. The number of carbonyl (C=O) groups excluding carboxylic acids is 2. The van der Waals surface area contributed by atoms with Gasteiger partial charge in [-0.3, -0.25) is 14.4 Å². The fourth-order valence-electron chi connectivity index (χ4n) is 4.97. The predicted octanol–water partition coefficient (Wildman–Crippen LogP) is 4.23. The normalized spacial score (nSPS) is 21.8. The van der Waals surface area contributed by atoms with Gasteiger partial charge in [0.1, 0.15) is 0 Å². The molecule has 2 amide bonds. The summed E-state index contributed by atoms with van der Waals surface area (Å²) in [5.74, 6) is -0.942. The molecule has 0 radical (unpaired) electrons. The van der Waals surface area contributed by atoms with Gasteiger partial charge in [0, 0.05) is 41.2 Å². The number of carboxylic acids is 1. The van der Waals surface area contributed by atoms with Crippen molar-refractivity contribution in [3.63, 3.8) is 0 Å². The van der Waals surface area contributed by atoms with Gasteiger partial charge < -0.3 is 15.3 Å². The Hall–Kier alpha value is -2.86. The number of carboxylic acid groups (broad SMARTS) is 1. The van der Waals surface area contributed by atoms with Crippen LogP contribution in [0.3, 0.4) is 0 Å². The third-order valence-corrected chi connectivity index (χ3v) is 6.62. The first kappa shape index (κ1) is 21.4. The maximum absolute atomic E-state index is 13.5. The summed E-state index contributed by atoms with van der Waals surface area (Å²) >= 11 is 6.00. The van der Waals surface area contributed by atoms with E-state index in [-0.39, 0.29) is 42.5 Å². The molecule has 2 aromatic carbocycles. The van der Waals surface area contributed by atoms with Crippen molar-refractivity contribution in [1.82, 2.24) is 5.32 Å². The molecule has 3 unspecified atom stereocenters. The molecule has 3 atom stereocenters.